The first-order chi connectivity index (χ1) is 22.3. The van der Waals surface area contributed by atoms with Gasteiger partial charge >= 0.3 is 0 Å². The van der Waals surface area contributed by atoms with Crippen molar-refractivity contribution in [3.05, 3.63) is 144 Å². The summed E-state index contributed by atoms with van der Waals surface area (Å²) in [7, 11) is 0. The molecule has 45 heavy (non-hydrogen) atoms. The lowest BCUT2D eigenvalue weighted by molar-refractivity contribution is -0.328. The van der Waals surface area contributed by atoms with Crippen molar-refractivity contribution in [2.45, 2.75) is 83.3 Å². The van der Waals surface area contributed by atoms with E-state index in [2.05, 4.69) is 55.5 Å². The summed E-state index contributed by atoms with van der Waals surface area (Å²) in [4.78, 5) is 0. The second-order valence-electron chi connectivity index (χ2n) is 11.4. The van der Waals surface area contributed by atoms with Gasteiger partial charge in [-0.3, -0.25) is 0 Å². The lowest BCUT2D eigenvalue weighted by Gasteiger charge is -2.46. The quantitative estimate of drug-likeness (QED) is 0.107. The molecule has 4 aromatic rings. The molecule has 4 aromatic carbocycles. The van der Waals surface area contributed by atoms with Crippen LogP contribution in [0.1, 0.15) is 48.4 Å². The van der Waals surface area contributed by atoms with Gasteiger partial charge in [0, 0.05) is 6.61 Å². The largest absolute Gasteiger partial charge is 0.374 e. The second kappa shape index (κ2) is 18.6. The van der Waals surface area contributed by atoms with E-state index < -0.39 is 30.7 Å². The normalized spacial score (nSPS) is 21.5. The molecule has 0 radical (unpaired) electrons. The Hall–Kier alpha value is -3.36. The minimum absolute atomic E-state index is 0.319. The van der Waals surface area contributed by atoms with Crippen molar-refractivity contribution in [2.75, 3.05) is 13.2 Å². The maximum atomic E-state index is 6.76. The summed E-state index contributed by atoms with van der Waals surface area (Å²) in [6.07, 6.45) is 0.578. The summed E-state index contributed by atoms with van der Waals surface area (Å²) in [6.45, 7) is 4.75. The van der Waals surface area contributed by atoms with Crippen molar-refractivity contribution in [1.29, 1.82) is 0 Å². The molecular formula is C39H46O6. The Labute approximate surface area is 268 Å². The highest BCUT2D eigenvalue weighted by molar-refractivity contribution is 5.16. The Morgan fingerprint density at radius 1 is 0.489 bits per heavy atom. The minimum atomic E-state index is -0.645. The molecule has 1 aliphatic rings. The van der Waals surface area contributed by atoms with Crippen molar-refractivity contribution >= 4 is 0 Å². The maximum absolute atomic E-state index is 6.76. The van der Waals surface area contributed by atoms with Crippen LogP contribution >= 0.6 is 0 Å². The fraction of sp³-hybridized carbons (Fsp3) is 0.385. The molecule has 1 heterocycles. The van der Waals surface area contributed by atoms with Crippen molar-refractivity contribution in [2.24, 2.45) is 0 Å². The van der Waals surface area contributed by atoms with Gasteiger partial charge in [-0.25, -0.2) is 0 Å². The monoisotopic (exact) mass is 610 g/mol. The average molecular weight is 611 g/mol. The van der Waals surface area contributed by atoms with E-state index in [1.54, 1.807) is 0 Å². The molecule has 1 aliphatic heterocycles. The van der Waals surface area contributed by atoms with E-state index in [1.165, 1.54) is 0 Å². The van der Waals surface area contributed by atoms with E-state index in [-0.39, 0.29) is 0 Å². The minimum Gasteiger partial charge on any atom is -0.374 e. The summed E-state index contributed by atoms with van der Waals surface area (Å²) in [6, 6.07) is 40.7. The van der Waals surface area contributed by atoms with Crippen molar-refractivity contribution in [3.8, 4) is 0 Å². The van der Waals surface area contributed by atoms with Crippen molar-refractivity contribution in [3.63, 3.8) is 0 Å². The lowest BCUT2D eigenvalue weighted by Crippen LogP contribution is -2.61. The molecule has 6 nitrogen and oxygen atoms in total. The molecule has 0 N–H and O–H groups in total. The molecule has 0 spiro atoms. The van der Waals surface area contributed by atoms with Gasteiger partial charge in [0.1, 0.15) is 24.4 Å². The van der Waals surface area contributed by atoms with Crippen LogP contribution in [0.15, 0.2) is 121 Å². The Morgan fingerprint density at radius 2 is 0.933 bits per heavy atom. The van der Waals surface area contributed by atoms with Crippen LogP contribution in [0, 0.1) is 0 Å². The van der Waals surface area contributed by atoms with Gasteiger partial charge in [-0.1, -0.05) is 141 Å². The van der Waals surface area contributed by atoms with Gasteiger partial charge in [0.15, 0.2) is 6.29 Å². The van der Waals surface area contributed by atoms with Crippen LogP contribution in [0.5, 0.6) is 0 Å². The molecule has 0 aliphatic carbocycles. The summed E-state index contributed by atoms with van der Waals surface area (Å²) in [5.74, 6) is 0. The highest BCUT2D eigenvalue weighted by atomic mass is 16.7. The molecule has 238 valence electrons. The van der Waals surface area contributed by atoms with Crippen LogP contribution < -0.4 is 0 Å². The van der Waals surface area contributed by atoms with Crippen LogP contribution in [0.2, 0.25) is 0 Å². The SMILES string of the molecule is CCCCCO[C@H]1O[C@H](COCc2ccccc2)[C@@H](OCc2ccccc2)[C@H](OCc2ccccc2)[C@H]1OCc1ccccc1. The van der Waals surface area contributed by atoms with Gasteiger partial charge in [-0.05, 0) is 28.7 Å². The molecule has 1 fully saturated rings. The zero-order chi connectivity index (χ0) is 30.9. The van der Waals surface area contributed by atoms with Crippen LogP contribution in [-0.2, 0) is 54.8 Å². The van der Waals surface area contributed by atoms with Crippen LogP contribution in [0.4, 0.5) is 0 Å². The topological polar surface area (TPSA) is 55.4 Å². The third-order valence-electron chi connectivity index (χ3n) is 7.87. The standard InChI is InChI=1S/C39H46O6/c1-2-3-16-25-41-39-38(44-29-34-23-14-7-15-24-34)37(43-28-33-21-12-6-13-22-33)36(42-27-32-19-10-5-11-20-32)35(45-39)30-40-26-31-17-8-4-9-18-31/h4-15,17-24,35-39H,2-3,16,25-30H2,1H3/t35-,36-,37+,38-,39+/m1/s1. The van der Waals surface area contributed by atoms with E-state index in [4.69, 9.17) is 28.4 Å². The summed E-state index contributed by atoms with van der Waals surface area (Å²) >= 11 is 0. The zero-order valence-corrected chi connectivity index (χ0v) is 26.2. The number of hydrogen-bond acceptors (Lipinski definition) is 6. The zero-order valence-electron chi connectivity index (χ0n) is 26.2. The molecule has 6 heteroatoms. The predicted molar refractivity (Wildman–Crippen MR) is 175 cm³/mol. The van der Waals surface area contributed by atoms with Gasteiger partial charge < -0.3 is 28.4 Å². The second-order valence-corrected chi connectivity index (χ2v) is 11.4. The van der Waals surface area contributed by atoms with Crippen LogP contribution in [0.3, 0.4) is 0 Å². The molecule has 0 unspecified atom stereocenters. The Balaban J connectivity index is 1.41. The number of hydrogen-bond donors (Lipinski definition) is 0. The summed E-state index contributed by atoms with van der Waals surface area (Å²) in [5.41, 5.74) is 4.32. The van der Waals surface area contributed by atoms with Gasteiger partial charge in [-0.15, -0.1) is 0 Å². The number of ether oxygens (including phenoxy) is 6. The Bertz CT molecular complexity index is 1320. The van der Waals surface area contributed by atoms with Gasteiger partial charge in [0.2, 0.25) is 0 Å². The fourth-order valence-corrected chi connectivity index (χ4v) is 5.43. The predicted octanol–water partition coefficient (Wildman–Crippen LogP) is 7.89. The van der Waals surface area contributed by atoms with E-state index in [0.29, 0.717) is 39.6 Å². The maximum Gasteiger partial charge on any atom is 0.186 e. The number of benzene rings is 4. The third kappa shape index (κ3) is 10.6. The van der Waals surface area contributed by atoms with E-state index in [9.17, 15) is 0 Å². The third-order valence-corrected chi connectivity index (χ3v) is 7.87. The summed E-state index contributed by atoms with van der Waals surface area (Å²) in [5, 5.41) is 0. The molecule has 1 saturated heterocycles. The molecule has 0 saturated carbocycles. The van der Waals surface area contributed by atoms with Crippen LogP contribution in [0.25, 0.3) is 0 Å². The van der Waals surface area contributed by atoms with E-state index in [1.807, 2.05) is 72.8 Å². The van der Waals surface area contributed by atoms with Gasteiger partial charge in [-0.2, -0.15) is 0 Å². The van der Waals surface area contributed by atoms with E-state index >= 15 is 0 Å². The average Bonchev–Trinajstić information content (AvgIpc) is 3.10. The molecule has 0 aromatic heterocycles. The number of unbranched alkanes of at least 4 members (excludes halogenated alkanes) is 2. The molecular weight excluding hydrogens is 564 g/mol. The van der Waals surface area contributed by atoms with Crippen LogP contribution in [-0.4, -0.2) is 43.9 Å². The first-order valence-corrected chi connectivity index (χ1v) is 16.2. The van der Waals surface area contributed by atoms with Crippen molar-refractivity contribution < 1.29 is 28.4 Å². The van der Waals surface area contributed by atoms with E-state index in [0.717, 1.165) is 41.5 Å². The molecule has 5 rings (SSSR count). The Morgan fingerprint density at radius 3 is 1.42 bits per heavy atom. The molecule has 0 amide bonds. The van der Waals surface area contributed by atoms with Gasteiger partial charge in [0.25, 0.3) is 0 Å². The first kappa shape index (κ1) is 33.0. The highest BCUT2D eigenvalue weighted by Gasteiger charge is 2.49. The fourth-order valence-electron chi connectivity index (χ4n) is 5.43. The van der Waals surface area contributed by atoms with Crippen molar-refractivity contribution in [1.82, 2.24) is 0 Å². The summed E-state index contributed by atoms with van der Waals surface area (Å²) < 4.78 is 39.5. The smallest absolute Gasteiger partial charge is 0.186 e. The highest BCUT2D eigenvalue weighted by Crippen LogP contribution is 2.32. The lowest BCUT2D eigenvalue weighted by atomic mass is 9.97. The molecule has 5 atom stereocenters. The first-order valence-electron chi connectivity index (χ1n) is 16.2. The molecule has 0 bridgehead atoms. The Kier molecular flexibility index (Phi) is 13.6. The number of rotatable bonds is 18. The van der Waals surface area contributed by atoms with Gasteiger partial charge in [0.05, 0.1) is 33.0 Å².